The Hall–Kier alpha value is -1.06. The molecule has 0 radical (unpaired) electrons. The molecule has 90 valence electrons. The first-order chi connectivity index (χ1) is 7.24. The molecular formula is C11H23NO3. The summed E-state index contributed by atoms with van der Waals surface area (Å²) in [6, 6.07) is 0. The molecule has 1 heterocycles. The van der Waals surface area contributed by atoms with Gasteiger partial charge in [-0.15, -0.1) is 0 Å². The van der Waals surface area contributed by atoms with E-state index in [1.54, 1.807) is 0 Å². The summed E-state index contributed by atoms with van der Waals surface area (Å²) >= 11 is 0. The Morgan fingerprint density at radius 2 is 1.87 bits per heavy atom. The van der Waals surface area contributed by atoms with Crippen LogP contribution in [0.15, 0.2) is 0 Å². The molecule has 0 spiro atoms. The van der Waals surface area contributed by atoms with Crippen LogP contribution in [0.5, 0.6) is 0 Å². The largest absolute Gasteiger partial charge is 0.481 e. The highest BCUT2D eigenvalue weighted by molar-refractivity contribution is 5.70. The maximum atomic E-state index is 10.5. The quantitative estimate of drug-likeness (QED) is 0.720. The monoisotopic (exact) mass is 217 g/mol. The summed E-state index contributed by atoms with van der Waals surface area (Å²) in [7, 11) is 0. The summed E-state index contributed by atoms with van der Waals surface area (Å²) in [5.41, 5.74) is 0. The zero-order chi connectivity index (χ0) is 12.3. The molecule has 0 aromatic rings. The number of hydrogen-bond acceptors (Lipinski definition) is 2. The van der Waals surface area contributed by atoms with Gasteiger partial charge in [0, 0.05) is 13.1 Å². The third kappa shape index (κ3) is 6.94. The van der Waals surface area contributed by atoms with Crippen molar-refractivity contribution >= 4 is 12.4 Å². The highest BCUT2D eigenvalue weighted by Crippen LogP contribution is 2.14. The predicted molar refractivity (Wildman–Crippen MR) is 60.7 cm³/mol. The Morgan fingerprint density at radius 1 is 1.33 bits per heavy atom. The molecule has 1 amide bonds. The van der Waals surface area contributed by atoms with Gasteiger partial charge >= 0.3 is 5.97 Å². The van der Waals surface area contributed by atoms with Crippen LogP contribution in [-0.2, 0) is 9.59 Å². The number of likely N-dealkylation sites (tertiary alicyclic amines) is 1. The second kappa shape index (κ2) is 11.0. The summed E-state index contributed by atoms with van der Waals surface area (Å²) in [4.78, 5) is 22.3. The van der Waals surface area contributed by atoms with Crippen molar-refractivity contribution in [3.63, 3.8) is 0 Å². The summed E-state index contributed by atoms with van der Waals surface area (Å²) in [6.45, 7) is 9.08. The van der Waals surface area contributed by atoms with Crippen molar-refractivity contribution in [2.24, 2.45) is 5.92 Å². The standard InChI is InChI=1S/C7H11NO3.2C2H6/c9-5-8-3-1-2-6(4-8)7(10)11;2*1-2/h5-6H,1-4H2,(H,10,11);2*1-2H3. The molecule has 0 saturated carbocycles. The fourth-order valence-corrected chi connectivity index (χ4v) is 1.30. The average Bonchev–Trinajstić information content (AvgIpc) is 2.34. The Bertz CT molecular complexity index is 171. The van der Waals surface area contributed by atoms with Crippen molar-refractivity contribution in [1.29, 1.82) is 0 Å². The van der Waals surface area contributed by atoms with Crippen LogP contribution in [-0.4, -0.2) is 35.5 Å². The van der Waals surface area contributed by atoms with Gasteiger partial charge in [-0.3, -0.25) is 9.59 Å². The van der Waals surface area contributed by atoms with Crippen molar-refractivity contribution in [3.05, 3.63) is 0 Å². The summed E-state index contributed by atoms with van der Waals surface area (Å²) in [6.07, 6.45) is 2.21. The van der Waals surface area contributed by atoms with E-state index in [4.69, 9.17) is 5.11 Å². The minimum Gasteiger partial charge on any atom is -0.481 e. The minimum atomic E-state index is -0.795. The molecule has 1 fully saturated rings. The lowest BCUT2D eigenvalue weighted by Gasteiger charge is -2.26. The lowest BCUT2D eigenvalue weighted by Crippen LogP contribution is -2.37. The first-order valence-electron chi connectivity index (χ1n) is 5.66. The Kier molecular flexibility index (Phi) is 12.0. The molecule has 4 heteroatoms. The molecule has 1 aliphatic heterocycles. The minimum absolute atomic E-state index is 0.353. The number of carbonyl (C=O) groups is 2. The van der Waals surface area contributed by atoms with Crippen LogP contribution in [0.2, 0.25) is 0 Å². The van der Waals surface area contributed by atoms with Gasteiger partial charge in [0.15, 0.2) is 0 Å². The van der Waals surface area contributed by atoms with Crippen LogP contribution in [0, 0.1) is 5.92 Å². The number of carbonyl (C=O) groups excluding carboxylic acids is 1. The van der Waals surface area contributed by atoms with Crippen LogP contribution in [0.25, 0.3) is 0 Å². The molecule has 0 aromatic carbocycles. The molecule has 15 heavy (non-hydrogen) atoms. The Labute approximate surface area is 92.3 Å². The van der Waals surface area contributed by atoms with Gasteiger partial charge in [-0.25, -0.2) is 0 Å². The molecule has 1 saturated heterocycles. The SMILES string of the molecule is CC.CC.O=CN1CCCC(C(=O)O)C1. The van der Waals surface area contributed by atoms with Gasteiger partial charge in [-0.05, 0) is 12.8 Å². The van der Waals surface area contributed by atoms with Crippen LogP contribution in [0.3, 0.4) is 0 Å². The van der Waals surface area contributed by atoms with Gasteiger partial charge < -0.3 is 10.0 Å². The van der Waals surface area contributed by atoms with Gasteiger partial charge in [-0.2, -0.15) is 0 Å². The summed E-state index contributed by atoms with van der Waals surface area (Å²) in [5.74, 6) is -1.15. The summed E-state index contributed by atoms with van der Waals surface area (Å²) < 4.78 is 0. The third-order valence-corrected chi connectivity index (χ3v) is 1.95. The molecular weight excluding hydrogens is 194 g/mol. The number of piperidine rings is 1. The van der Waals surface area contributed by atoms with Crippen molar-refractivity contribution in [2.75, 3.05) is 13.1 Å². The highest BCUT2D eigenvalue weighted by Gasteiger charge is 2.23. The molecule has 1 N–H and O–H groups in total. The van der Waals surface area contributed by atoms with Crippen molar-refractivity contribution < 1.29 is 14.7 Å². The number of aliphatic carboxylic acids is 1. The number of hydrogen-bond donors (Lipinski definition) is 1. The number of amides is 1. The third-order valence-electron chi connectivity index (χ3n) is 1.95. The maximum Gasteiger partial charge on any atom is 0.308 e. The lowest BCUT2D eigenvalue weighted by molar-refractivity contribution is -0.144. The molecule has 0 bridgehead atoms. The van der Waals surface area contributed by atoms with E-state index in [1.807, 2.05) is 27.7 Å². The second-order valence-corrected chi connectivity index (χ2v) is 2.78. The Balaban J connectivity index is 0. The fraction of sp³-hybridized carbons (Fsp3) is 0.818. The van der Waals surface area contributed by atoms with Gasteiger partial charge in [0.05, 0.1) is 5.92 Å². The normalized spacial score (nSPS) is 18.9. The Morgan fingerprint density at radius 3 is 2.27 bits per heavy atom. The molecule has 1 atom stereocenters. The molecule has 1 aliphatic rings. The number of rotatable bonds is 2. The first kappa shape index (κ1) is 16.4. The zero-order valence-corrected chi connectivity index (χ0v) is 10.2. The maximum absolute atomic E-state index is 10.5. The lowest BCUT2D eigenvalue weighted by atomic mass is 9.99. The molecule has 1 rings (SSSR count). The van der Waals surface area contributed by atoms with Crippen LogP contribution >= 0.6 is 0 Å². The number of carboxylic acid groups (broad SMARTS) is 1. The molecule has 1 unspecified atom stereocenters. The molecule has 0 aromatic heterocycles. The van der Waals surface area contributed by atoms with Gasteiger partial charge in [0.25, 0.3) is 0 Å². The van der Waals surface area contributed by atoms with E-state index in [2.05, 4.69) is 0 Å². The van der Waals surface area contributed by atoms with E-state index in [0.29, 0.717) is 19.5 Å². The van der Waals surface area contributed by atoms with Crippen molar-refractivity contribution in [3.8, 4) is 0 Å². The highest BCUT2D eigenvalue weighted by atomic mass is 16.4. The van der Waals surface area contributed by atoms with Crippen molar-refractivity contribution in [2.45, 2.75) is 40.5 Å². The second-order valence-electron chi connectivity index (χ2n) is 2.78. The van der Waals surface area contributed by atoms with E-state index in [0.717, 1.165) is 12.8 Å². The van der Waals surface area contributed by atoms with Gasteiger partial charge in [0.2, 0.25) is 6.41 Å². The summed E-state index contributed by atoms with van der Waals surface area (Å²) in [5, 5.41) is 8.61. The first-order valence-corrected chi connectivity index (χ1v) is 5.66. The molecule has 0 aliphatic carbocycles. The van der Waals surface area contributed by atoms with E-state index >= 15 is 0 Å². The van der Waals surface area contributed by atoms with Crippen LogP contribution < -0.4 is 0 Å². The van der Waals surface area contributed by atoms with E-state index in [9.17, 15) is 9.59 Å². The van der Waals surface area contributed by atoms with E-state index in [-0.39, 0.29) is 5.92 Å². The smallest absolute Gasteiger partial charge is 0.308 e. The van der Waals surface area contributed by atoms with Gasteiger partial charge in [-0.1, -0.05) is 27.7 Å². The number of carboxylic acids is 1. The van der Waals surface area contributed by atoms with Gasteiger partial charge in [0.1, 0.15) is 0 Å². The van der Waals surface area contributed by atoms with Crippen molar-refractivity contribution in [1.82, 2.24) is 4.90 Å². The predicted octanol–water partition coefficient (Wildman–Crippen LogP) is 1.99. The average molecular weight is 217 g/mol. The van der Waals surface area contributed by atoms with E-state index in [1.165, 1.54) is 4.90 Å². The topological polar surface area (TPSA) is 57.6 Å². The number of nitrogens with zero attached hydrogens (tertiary/aromatic N) is 1. The van der Waals surface area contributed by atoms with E-state index < -0.39 is 5.97 Å². The van der Waals surface area contributed by atoms with Crippen LogP contribution in [0.1, 0.15) is 40.5 Å². The van der Waals surface area contributed by atoms with Crippen LogP contribution in [0.4, 0.5) is 0 Å². The fourth-order valence-electron chi connectivity index (χ4n) is 1.30. The zero-order valence-electron chi connectivity index (χ0n) is 10.2. The molecule has 4 nitrogen and oxygen atoms in total.